The Morgan fingerprint density at radius 1 is 1.10 bits per heavy atom. The number of benzene rings is 1. The van der Waals surface area contributed by atoms with Gasteiger partial charge in [-0.3, -0.25) is 4.90 Å². The molecule has 1 atom stereocenters. The van der Waals surface area contributed by atoms with Crippen molar-refractivity contribution in [3.8, 4) is 17.4 Å². The lowest BCUT2D eigenvalue weighted by Gasteiger charge is -2.38. The number of piperazine rings is 1. The predicted octanol–water partition coefficient (Wildman–Crippen LogP) is 2.80. The fraction of sp³-hybridized carbons (Fsp3) is 0.524. The number of thiazole rings is 1. The fourth-order valence-corrected chi connectivity index (χ4v) is 5.14. The van der Waals surface area contributed by atoms with Crippen LogP contribution in [-0.4, -0.2) is 76.4 Å². The number of likely N-dealkylation sites (N-methyl/N-ethyl adjacent to an activating group) is 1. The lowest BCUT2D eigenvalue weighted by molar-refractivity contribution is 0.113. The number of ether oxygens (including phenoxy) is 2. The summed E-state index contributed by atoms with van der Waals surface area (Å²) in [4.78, 5) is 11.0. The minimum absolute atomic E-state index is 0.109. The largest absolute Gasteiger partial charge is 0.493 e. The average Bonchev–Trinajstić information content (AvgIpc) is 3.33. The van der Waals surface area contributed by atoms with Gasteiger partial charge in [0.25, 0.3) is 0 Å². The molecule has 0 radical (unpaired) electrons. The Morgan fingerprint density at radius 3 is 2.43 bits per heavy atom. The molecule has 4 rings (SSSR count). The van der Waals surface area contributed by atoms with Crippen molar-refractivity contribution in [2.45, 2.75) is 26.3 Å². The van der Waals surface area contributed by atoms with Crippen molar-refractivity contribution in [3.05, 3.63) is 34.5 Å². The molecule has 2 aromatic heterocycles. The lowest BCUT2D eigenvalue weighted by atomic mass is 10.0. The van der Waals surface area contributed by atoms with Gasteiger partial charge in [0, 0.05) is 32.6 Å². The van der Waals surface area contributed by atoms with Gasteiger partial charge in [-0.1, -0.05) is 31.3 Å². The Hall–Kier alpha value is -2.36. The maximum Gasteiger partial charge on any atom is 0.230 e. The van der Waals surface area contributed by atoms with Crippen LogP contribution in [0.3, 0.4) is 0 Å². The van der Waals surface area contributed by atoms with Crippen molar-refractivity contribution in [2.75, 3.05) is 46.9 Å². The first-order chi connectivity index (χ1) is 14.6. The maximum absolute atomic E-state index is 11.1. The van der Waals surface area contributed by atoms with E-state index >= 15 is 0 Å². The lowest BCUT2D eigenvalue weighted by Crippen LogP contribution is -2.47. The van der Waals surface area contributed by atoms with Crippen molar-refractivity contribution in [2.24, 2.45) is 0 Å². The molecule has 0 spiro atoms. The molecule has 1 N–H and O–H groups in total. The molecule has 9 heteroatoms. The van der Waals surface area contributed by atoms with Crippen molar-refractivity contribution in [1.82, 2.24) is 24.4 Å². The number of nitrogens with zero attached hydrogens (tertiary/aromatic N) is 5. The van der Waals surface area contributed by atoms with Crippen LogP contribution in [0.2, 0.25) is 0 Å². The Labute approximate surface area is 180 Å². The van der Waals surface area contributed by atoms with Gasteiger partial charge in [0.05, 0.1) is 25.1 Å². The molecule has 0 amide bonds. The van der Waals surface area contributed by atoms with Gasteiger partial charge in [-0.2, -0.15) is 4.52 Å². The minimum Gasteiger partial charge on any atom is -0.493 e. The molecule has 1 aliphatic rings. The fourth-order valence-electron chi connectivity index (χ4n) is 4.01. The van der Waals surface area contributed by atoms with Crippen LogP contribution >= 0.6 is 11.3 Å². The predicted molar refractivity (Wildman–Crippen MR) is 117 cm³/mol. The normalized spacial score (nSPS) is 16.8. The molecule has 162 valence electrons. The number of hydrogen-bond donors (Lipinski definition) is 1. The topological polar surface area (TPSA) is 75.4 Å². The molecule has 0 aliphatic carbocycles. The van der Waals surface area contributed by atoms with Gasteiger partial charge in [0.1, 0.15) is 0 Å². The SMILES string of the molecule is CCc1nc2sc([C@H](c3ccc(OC)c(OC)c3)N3CCN(CC)CC3)c(O)n2n1. The van der Waals surface area contributed by atoms with Crippen molar-refractivity contribution in [3.63, 3.8) is 0 Å². The number of hydrogen-bond acceptors (Lipinski definition) is 8. The van der Waals surface area contributed by atoms with Crippen molar-refractivity contribution < 1.29 is 14.6 Å². The number of methoxy groups -OCH3 is 2. The van der Waals surface area contributed by atoms with E-state index in [0.717, 1.165) is 60.4 Å². The first-order valence-electron chi connectivity index (χ1n) is 10.3. The number of aryl methyl sites for hydroxylation is 1. The van der Waals surface area contributed by atoms with E-state index in [1.807, 2.05) is 25.1 Å². The van der Waals surface area contributed by atoms with E-state index in [1.54, 1.807) is 18.7 Å². The third-order valence-electron chi connectivity index (χ3n) is 5.75. The van der Waals surface area contributed by atoms with Gasteiger partial charge < -0.3 is 19.5 Å². The first kappa shape index (κ1) is 20.9. The molecule has 3 heterocycles. The number of aromatic nitrogens is 3. The molecule has 30 heavy (non-hydrogen) atoms. The van der Waals surface area contributed by atoms with Crippen LogP contribution in [-0.2, 0) is 6.42 Å². The Morgan fingerprint density at radius 2 is 1.83 bits per heavy atom. The van der Waals surface area contributed by atoms with Gasteiger partial charge in [0.15, 0.2) is 17.3 Å². The quantitative estimate of drug-likeness (QED) is 0.616. The molecule has 1 aromatic carbocycles. The van der Waals surface area contributed by atoms with E-state index in [4.69, 9.17) is 9.47 Å². The number of fused-ring (bicyclic) bond motifs is 1. The number of rotatable bonds is 7. The average molecular weight is 432 g/mol. The zero-order chi connectivity index (χ0) is 21.3. The summed E-state index contributed by atoms with van der Waals surface area (Å²) >= 11 is 1.50. The summed E-state index contributed by atoms with van der Waals surface area (Å²) in [6.07, 6.45) is 0.737. The Bertz CT molecular complexity index is 1010. The maximum atomic E-state index is 11.1. The highest BCUT2D eigenvalue weighted by atomic mass is 32.1. The third-order valence-corrected chi connectivity index (χ3v) is 6.82. The van der Waals surface area contributed by atoms with Crippen molar-refractivity contribution >= 4 is 16.3 Å². The van der Waals surface area contributed by atoms with Gasteiger partial charge in [-0.25, -0.2) is 4.98 Å². The van der Waals surface area contributed by atoms with E-state index in [9.17, 15) is 5.11 Å². The standard InChI is InChI=1S/C21H29N5O3S/c1-5-17-22-21-26(23-17)20(27)19(30-21)18(25-11-9-24(6-2)10-12-25)14-7-8-15(28-3)16(13-14)29-4/h7-8,13,18,27H,5-6,9-12H2,1-4H3/t18-/m0/s1. The highest BCUT2D eigenvalue weighted by molar-refractivity contribution is 7.17. The molecule has 0 unspecified atom stereocenters. The zero-order valence-corrected chi connectivity index (χ0v) is 18.8. The summed E-state index contributed by atoms with van der Waals surface area (Å²) in [5.41, 5.74) is 1.05. The van der Waals surface area contributed by atoms with E-state index < -0.39 is 0 Å². The molecule has 0 saturated carbocycles. The van der Waals surface area contributed by atoms with Gasteiger partial charge in [0.2, 0.25) is 10.8 Å². The smallest absolute Gasteiger partial charge is 0.230 e. The second-order valence-electron chi connectivity index (χ2n) is 7.35. The molecule has 3 aromatic rings. The second kappa shape index (κ2) is 8.79. The Balaban J connectivity index is 1.78. The molecule has 8 nitrogen and oxygen atoms in total. The van der Waals surface area contributed by atoms with E-state index in [0.29, 0.717) is 11.5 Å². The first-order valence-corrected chi connectivity index (χ1v) is 11.2. The van der Waals surface area contributed by atoms with E-state index in [-0.39, 0.29) is 11.9 Å². The monoisotopic (exact) mass is 431 g/mol. The van der Waals surface area contributed by atoms with Crippen LogP contribution in [0.15, 0.2) is 18.2 Å². The van der Waals surface area contributed by atoms with Crippen LogP contribution in [0.4, 0.5) is 0 Å². The number of aromatic hydroxyl groups is 1. The second-order valence-corrected chi connectivity index (χ2v) is 8.36. The summed E-state index contributed by atoms with van der Waals surface area (Å²) in [5.74, 6) is 2.27. The van der Waals surface area contributed by atoms with Gasteiger partial charge >= 0.3 is 0 Å². The zero-order valence-electron chi connectivity index (χ0n) is 18.0. The summed E-state index contributed by atoms with van der Waals surface area (Å²) in [5, 5.41) is 15.5. The van der Waals surface area contributed by atoms with Crippen LogP contribution in [0, 0.1) is 0 Å². The molecule has 1 aliphatic heterocycles. The van der Waals surface area contributed by atoms with Crippen molar-refractivity contribution in [1.29, 1.82) is 0 Å². The van der Waals surface area contributed by atoms with Gasteiger partial charge in [-0.15, -0.1) is 5.10 Å². The molecule has 1 fully saturated rings. The summed E-state index contributed by atoms with van der Waals surface area (Å²) in [6, 6.07) is 5.86. The van der Waals surface area contributed by atoms with E-state index in [2.05, 4.69) is 26.8 Å². The van der Waals surface area contributed by atoms with Gasteiger partial charge in [-0.05, 0) is 24.2 Å². The van der Waals surface area contributed by atoms with Crippen LogP contribution in [0.1, 0.15) is 36.2 Å². The minimum atomic E-state index is -0.109. The molecular weight excluding hydrogens is 402 g/mol. The van der Waals surface area contributed by atoms with Crippen LogP contribution in [0.5, 0.6) is 17.4 Å². The van der Waals surface area contributed by atoms with E-state index in [1.165, 1.54) is 11.3 Å². The van der Waals surface area contributed by atoms with Crippen LogP contribution in [0.25, 0.3) is 4.96 Å². The third kappa shape index (κ3) is 3.73. The molecular formula is C21H29N5O3S. The summed E-state index contributed by atoms with van der Waals surface area (Å²) in [7, 11) is 3.28. The summed E-state index contributed by atoms with van der Waals surface area (Å²) in [6.45, 7) is 9.09. The highest BCUT2D eigenvalue weighted by Gasteiger charge is 2.32. The Kier molecular flexibility index (Phi) is 6.12. The summed E-state index contributed by atoms with van der Waals surface area (Å²) < 4.78 is 12.5. The van der Waals surface area contributed by atoms with Crippen LogP contribution < -0.4 is 9.47 Å². The molecule has 1 saturated heterocycles. The highest BCUT2D eigenvalue weighted by Crippen LogP contribution is 2.42. The molecule has 0 bridgehead atoms.